The standard InChI is InChI=1S/C9H17NO3/c1-6(10)9(5-8(11)12)3-4-13-7(9)2/h6-7H,3-5,10H2,1-2H3,(H,11,12). The lowest BCUT2D eigenvalue weighted by Crippen LogP contribution is -2.45. The molecule has 0 aromatic carbocycles. The van der Waals surface area contributed by atoms with E-state index in [9.17, 15) is 4.79 Å². The van der Waals surface area contributed by atoms with E-state index < -0.39 is 5.97 Å². The van der Waals surface area contributed by atoms with Gasteiger partial charge in [0.1, 0.15) is 0 Å². The van der Waals surface area contributed by atoms with Gasteiger partial charge in [-0.1, -0.05) is 0 Å². The van der Waals surface area contributed by atoms with Gasteiger partial charge in [-0.15, -0.1) is 0 Å². The number of aliphatic carboxylic acids is 1. The van der Waals surface area contributed by atoms with Crippen LogP contribution in [-0.2, 0) is 9.53 Å². The Bertz CT molecular complexity index is 205. The summed E-state index contributed by atoms with van der Waals surface area (Å²) in [6.45, 7) is 4.38. The summed E-state index contributed by atoms with van der Waals surface area (Å²) in [5.74, 6) is -0.797. The molecule has 0 aliphatic carbocycles. The molecule has 3 unspecified atom stereocenters. The second kappa shape index (κ2) is 3.64. The molecule has 0 aromatic rings. The number of ether oxygens (including phenoxy) is 1. The predicted octanol–water partition coefficient (Wildman–Crippen LogP) is 0.603. The molecule has 13 heavy (non-hydrogen) atoms. The van der Waals surface area contributed by atoms with E-state index in [1.165, 1.54) is 0 Å². The number of nitrogens with two attached hydrogens (primary N) is 1. The highest BCUT2D eigenvalue weighted by atomic mass is 16.5. The lowest BCUT2D eigenvalue weighted by Gasteiger charge is -2.34. The van der Waals surface area contributed by atoms with Crippen molar-refractivity contribution in [2.45, 2.75) is 38.8 Å². The molecule has 3 N–H and O–H groups in total. The van der Waals surface area contributed by atoms with E-state index in [0.29, 0.717) is 6.61 Å². The molecule has 1 heterocycles. The molecule has 76 valence electrons. The molecule has 1 aliphatic heterocycles. The lowest BCUT2D eigenvalue weighted by molar-refractivity contribution is -0.141. The summed E-state index contributed by atoms with van der Waals surface area (Å²) in [5.41, 5.74) is 5.46. The van der Waals surface area contributed by atoms with E-state index >= 15 is 0 Å². The summed E-state index contributed by atoms with van der Waals surface area (Å²) in [4.78, 5) is 10.7. The lowest BCUT2D eigenvalue weighted by atomic mass is 9.73. The fourth-order valence-electron chi connectivity index (χ4n) is 2.07. The zero-order valence-electron chi connectivity index (χ0n) is 8.12. The summed E-state index contributed by atoms with van der Waals surface area (Å²) in [7, 11) is 0. The number of hydrogen-bond donors (Lipinski definition) is 2. The number of hydrogen-bond acceptors (Lipinski definition) is 3. The first kappa shape index (κ1) is 10.5. The van der Waals surface area contributed by atoms with Crippen LogP contribution in [0.25, 0.3) is 0 Å². The Morgan fingerprint density at radius 1 is 1.85 bits per heavy atom. The third-order valence-electron chi connectivity index (χ3n) is 3.13. The van der Waals surface area contributed by atoms with Crippen molar-refractivity contribution in [3.63, 3.8) is 0 Å². The minimum Gasteiger partial charge on any atom is -0.481 e. The molecule has 3 atom stereocenters. The maximum Gasteiger partial charge on any atom is 0.304 e. The van der Waals surface area contributed by atoms with Crippen molar-refractivity contribution in [1.82, 2.24) is 0 Å². The van der Waals surface area contributed by atoms with Crippen LogP contribution in [0.2, 0.25) is 0 Å². The van der Waals surface area contributed by atoms with Crippen LogP contribution in [0.1, 0.15) is 26.7 Å². The maximum atomic E-state index is 10.7. The highest BCUT2D eigenvalue weighted by Gasteiger charge is 2.45. The largest absolute Gasteiger partial charge is 0.481 e. The molecule has 0 bridgehead atoms. The maximum absolute atomic E-state index is 10.7. The fraction of sp³-hybridized carbons (Fsp3) is 0.889. The van der Waals surface area contributed by atoms with E-state index in [1.807, 2.05) is 13.8 Å². The quantitative estimate of drug-likeness (QED) is 0.678. The highest BCUT2D eigenvalue weighted by Crippen LogP contribution is 2.40. The first-order chi connectivity index (χ1) is 5.99. The Kier molecular flexibility index (Phi) is 2.93. The average molecular weight is 187 g/mol. The van der Waals surface area contributed by atoms with Crippen molar-refractivity contribution in [3.8, 4) is 0 Å². The van der Waals surface area contributed by atoms with Crippen molar-refractivity contribution in [1.29, 1.82) is 0 Å². The van der Waals surface area contributed by atoms with Crippen LogP contribution in [0.5, 0.6) is 0 Å². The van der Waals surface area contributed by atoms with Crippen LogP contribution in [0, 0.1) is 5.41 Å². The minimum absolute atomic E-state index is 0.0522. The van der Waals surface area contributed by atoms with Crippen molar-refractivity contribution in [3.05, 3.63) is 0 Å². The summed E-state index contributed by atoms with van der Waals surface area (Å²) < 4.78 is 5.39. The van der Waals surface area contributed by atoms with Crippen molar-refractivity contribution >= 4 is 5.97 Å². The van der Waals surface area contributed by atoms with Crippen LogP contribution in [0.3, 0.4) is 0 Å². The van der Waals surface area contributed by atoms with Gasteiger partial charge in [0.05, 0.1) is 12.5 Å². The third-order valence-corrected chi connectivity index (χ3v) is 3.13. The van der Waals surface area contributed by atoms with E-state index in [1.54, 1.807) is 0 Å². The van der Waals surface area contributed by atoms with E-state index in [0.717, 1.165) is 6.42 Å². The first-order valence-corrected chi connectivity index (χ1v) is 4.58. The number of rotatable bonds is 3. The van der Waals surface area contributed by atoms with Gasteiger partial charge >= 0.3 is 5.97 Å². The minimum atomic E-state index is -0.797. The second-order valence-corrected chi connectivity index (χ2v) is 3.86. The summed E-state index contributed by atoms with van der Waals surface area (Å²) in [5, 5.41) is 8.79. The Balaban J connectivity index is 2.80. The molecule has 0 aromatic heterocycles. The third kappa shape index (κ3) is 1.84. The molecular weight excluding hydrogens is 170 g/mol. The van der Waals surface area contributed by atoms with Gasteiger partial charge in [0, 0.05) is 18.1 Å². The van der Waals surface area contributed by atoms with Crippen LogP contribution in [-0.4, -0.2) is 29.8 Å². The van der Waals surface area contributed by atoms with Crippen LogP contribution >= 0.6 is 0 Å². The van der Waals surface area contributed by atoms with Crippen molar-refractivity contribution in [2.75, 3.05) is 6.61 Å². The first-order valence-electron chi connectivity index (χ1n) is 4.58. The second-order valence-electron chi connectivity index (χ2n) is 3.86. The molecule has 1 fully saturated rings. The monoisotopic (exact) mass is 187 g/mol. The Morgan fingerprint density at radius 2 is 2.46 bits per heavy atom. The van der Waals surface area contributed by atoms with Gasteiger partial charge in [-0.3, -0.25) is 4.79 Å². The van der Waals surface area contributed by atoms with E-state index in [2.05, 4.69) is 0 Å². The summed E-state index contributed by atoms with van der Waals surface area (Å²) in [6.07, 6.45) is 0.799. The predicted molar refractivity (Wildman–Crippen MR) is 48.4 cm³/mol. The SMILES string of the molecule is CC(N)C1(CC(=O)O)CCOC1C. The Hall–Kier alpha value is -0.610. The Morgan fingerprint density at radius 3 is 2.77 bits per heavy atom. The molecule has 1 aliphatic rings. The zero-order chi connectivity index (χ0) is 10.1. The molecule has 0 spiro atoms. The average Bonchev–Trinajstić information content (AvgIpc) is 2.32. The topological polar surface area (TPSA) is 72.6 Å². The molecule has 1 rings (SSSR count). The summed E-state index contributed by atoms with van der Waals surface area (Å²) >= 11 is 0. The van der Waals surface area contributed by atoms with Crippen LogP contribution < -0.4 is 5.73 Å². The van der Waals surface area contributed by atoms with Crippen LogP contribution in [0.15, 0.2) is 0 Å². The number of carboxylic acid groups (broad SMARTS) is 1. The summed E-state index contributed by atoms with van der Waals surface area (Å²) in [6, 6.07) is -0.138. The van der Waals surface area contributed by atoms with Crippen molar-refractivity contribution < 1.29 is 14.6 Å². The van der Waals surface area contributed by atoms with Gasteiger partial charge < -0.3 is 15.6 Å². The van der Waals surface area contributed by atoms with Gasteiger partial charge in [-0.05, 0) is 20.3 Å². The van der Waals surface area contributed by atoms with Gasteiger partial charge in [0.15, 0.2) is 0 Å². The normalized spacial score (nSPS) is 36.1. The van der Waals surface area contributed by atoms with Gasteiger partial charge in [-0.2, -0.15) is 0 Å². The van der Waals surface area contributed by atoms with Crippen molar-refractivity contribution in [2.24, 2.45) is 11.1 Å². The number of carboxylic acids is 1. The molecule has 0 amide bonds. The molecule has 4 heteroatoms. The highest BCUT2D eigenvalue weighted by molar-refractivity contribution is 5.68. The van der Waals surface area contributed by atoms with Gasteiger partial charge in [0.2, 0.25) is 0 Å². The van der Waals surface area contributed by atoms with Crippen LogP contribution in [0.4, 0.5) is 0 Å². The van der Waals surface area contributed by atoms with E-state index in [4.69, 9.17) is 15.6 Å². The zero-order valence-corrected chi connectivity index (χ0v) is 8.12. The van der Waals surface area contributed by atoms with E-state index in [-0.39, 0.29) is 24.0 Å². The molecule has 1 saturated heterocycles. The molecule has 0 radical (unpaired) electrons. The molecule has 4 nitrogen and oxygen atoms in total. The fourth-order valence-corrected chi connectivity index (χ4v) is 2.07. The van der Waals surface area contributed by atoms with Gasteiger partial charge in [0.25, 0.3) is 0 Å². The Labute approximate surface area is 78.1 Å². The molecule has 0 saturated carbocycles. The smallest absolute Gasteiger partial charge is 0.304 e. The molecular formula is C9H17NO3. The number of carbonyl (C=O) groups is 1. The van der Waals surface area contributed by atoms with Gasteiger partial charge in [-0.25, -0.2) is 0 Å².